The minimum Gasteiger partial charge on any atom is -0.504 e. The molecule has 3 heterocycles. The van der Waals surface area contributed by atoms with Gasteiger partial charge in [-0.05, 0) is 61.1 Å². The van der Waals surface area contributed by atoms with Gasteiger partial charge in [-0.3, -0.25) is 9.69 Å². The first-order valence-electron chi connectivity index (χ1n) is 14.7. The van der Waals surface area contributed by atoms with E-state index in [0.29, 0.717) is 35.5 Å². The standard InChI is InChI=1S/C33H40N2O8/c1-6-21-19-34-14-13-33(29(34)18-23(21)24(20-39-2)31(37)42-5)25-9-7-8-10-26(25)35(32(33)38)15-16-43-30(36)22-11-12-27(40-3)28(17-22)41-4/h7-12,17,20-21,23,29H,6,13-16,18-19H2,1-5H3/b24-20+/t21-,23-,29?,33+/m0/s1. The van der Waals surface area contributed by atoms with Gasteiger partial charge in [0.15, 0.2) is 11.5 Å². The van der Waals surface area contributed by atoms with Crippen molar-refractivity contribution in [2.45, 2.75) is 37.6 Å². The van der Waals surface area contributed by atoms with E-state index in [2.05, 4.69) is 11.8 Å². The largest absolute Gasteiger partial charge is 0.504 e. The Balaban J connectivity index is 1.38. The first kappa shape index (κ1) is 30.4. The summed E-state index contributed by atoms with van der Waals surface area (Å²) in [6.07, 6.45) is 3.70. The summed E-state index contributed by atoms with van der Waals surface area (Å²) in [6.45, 7) is 3.96. The van der Waals surface area contributed by atoms with Gasteiger partial charge in [-0.25, -0.2) is 9.59 Å². The summed E-state index contributed by atoms with van der Waals surface area (Å²) in [5.74, 6) is 0.162. The summed E-state index contributed by atoms with van der Waals surface area (Å²) in [4.78, 5) is 44.3. The van der Waals surface area contributed by atoms with Crippen LogP contribution in [0.15, 0.2) is 54.3 Å². The van der Waals surface area contributed by atoms with E-state index in [1.54, 1.807) is 23.1 Å². The minimum atomic E-state index is -0.755. The fraction of sp³-hybridized carbons (Fsp3) is 0.485. The second-order valence-corrected chi connectivity index (χ2v) is 11.2. The van der Waals surface area contributed by atoms with Gasteiger partial charge in [-0.15, -0.1) is 0 Å². The van der Waals surface area contributed by atoms with Crippen molar-refractivity contribution in [1.82, 2.24) is 4.90 Å². The number of hydrogen-bond acceptors (Lipinski definition) is 9. The van der Waals surface area contributed by atoms with Gasteiger partial charge in [0.25, 0.3) is 0 Å². The van der Waals surface area contributed by atoms with Crippen LogP contribution in [-0.2, 0) is 29.2 Å². The van der Waals surface area contributed by atoms with Crippen LogP contribution in [-0.4, -0.2) is 83.5 Å². The van der Waals surface area contributed by atoms with Crippen molar-refractivity contribution in [2.24, 2.45) is 11.8 Å². The number of anilines is 1. The van der Waals surface area contributed by atoms with Crippen molar-refractivity contribution < 1.29 is 38.1 Å². The van der Waals surface area contributed by atoms with Crippen LogP contribution in [0, 0.1) is 11.8 Å². The van der Waals surface area contributed by atoms with Crippen molar-refractivity contribution in [2.75, 3.05) is 59.6 Å². The monoisotopic (exact) mass is 592 g/mol. The highest BCUT2D eigenvalue weighted by Gasteiger charge is 2.62. The molecular weight excluding hydrogens is 552 g/mol. The maximum absolute atomic E-state index is 14.5. The predicted octanol–water partition coefficient (Wildman–Crippen LogP) is 3.97. The molecule has 0 aliphatic carbocycles. The van der Waals surface area contributed by atoms with Crippen molar-refractivity contribution in [3.05, 3.63) is 65.4 Å². The Morgan fingerprint density at radius 3 is 2.51 bits per heavy atom. The Morgan fingerprint density at radius 1 is 1.05 bits per heavy atom. The van der Waals surface area contributed by atoms with Gasteiger partial charge in [0.2, 0.25) is 5.91 Å². The first-order chi connectivity index (χ1) is 20.8. The molecule has 0 bridgehead atoms. The van der Waals surface area contributed by atoms with Crippen molar-refractivity contribution in [3.63, 3.8) is 0 Å². The molecule has 230 valence electrons. The molecule has 2 aromatic carbocycles. The number of carbonyl (C=O) groups excluding carboxylic acids is 3. The number of esters is 2. The molecule has 2 aromatic rings. The van der Waals surface area contributed by atoms with Gasteiger partial charge in [0.1, 0.15) is 6.61 Å². The van der Waals surface area contributed by atoms with Crippen LogP contribution in [0.1, 0.15) is 42.1 Å². The second-order valence-electron chi connectivity index (χ2n) is 11.2. The average Bonchev–Trinajstić information content (AvgIpc) is 3.53. The summed E-state index contributed by atoms with van der Waals surface area (Å²) in [6, 6.07) is 12.6. The number of carbonyl (C=O) groups is 3. The summed E-state index contributed by atoms with van der Waals surface area (Å²) < 4.78 is 26.6. The quantitative estimate of drug-likeness (QED) is 0.230. The van der Waals surface area contributed by atoms with Crippen LogP contribution in [0.25, 0.3) is 0 Å². The molecule has 0 radical (unpaired) electrons. The Morgan fingerprint density at radius 2 is 1.81 bits per heavy atom. The Labute approximate surface area is 252 Å². The molecule has 0 N–H and O–H groups in total. The molecule has 1 unspecified atom stereocenters. The lowest BCUT2D eigenvalue weighted by Crippen LogP contribution is -2.55. The second kappa shape index (κ2) is 12.7. The highest BCUT2D eigenvalue weighted by molar-refractivity contribution is 6.09. The third-order valence-corrected chi connectivity index (χ3v) is 9.38. The van der Waals surface area contributed by atoms with Gasteiger partial charge in [-0.1, -0.05) is 31.5 Å². The predicted molar refractivity (Wildman–Crippen MR) is 159 cm³/mol. The molecule has 5 rings (SSSR count). The van der Waals surface area contributed by atoms with Crippen LogP contribution >= 0.6 is 0 Å². The maximum atomic E-state index is 14.5. The number of benzene rings is 2. The molecule has 10 heteroatoms. The summed E-state index contributed by atoms with van der Waals surface area (Å²) in [5.41, 5.74) is 1.91. The molecule has 1 spiro atoms. The molecule has 2 fully saturated rings. The minimum absolute atomic E-state index is 0.00685. The smallest absolute Gasteiger partial charge is 0.338 e. The van der Waals surface area contributed by atoms with E-state index in [4.69, 9.17) is 23.7 Å². The molecular formula is C33H40N2O8. The summed E-state index contributed by atoms with van der Waals surface area (Å²) in [5, 5.41) is 0. The van der Waals surface area contributed by atoms with Gasteiger partial charge in [0.05, 0.1) is 57.8 Å². The molecule has 43 heavy (non-hydrogen) atoms. The zero-order valence-corrected chi connectivity index (χ0v) is 25.5. The number of hydrogen-bond donors (Lipinski definition) is 0. The normalized spacial score (nSPS) is 24.9. The van der Waals surface area contributed by atoms with Gasteiger partial charge in [0, 0.05) is 18.3 Å². The fourth-order valence-corrected chi connectivity index (χ4v) is 7.32. The van der Waals surface area contributed by atoms with E-state index in [1.165, 1.54) is 34.7 Å². The van der Waals surface area contributed by atoms with Crippen LogP contribution in [0.4, 0.5) is 5.69 Å². The molecule has 0 saturated carbocycles. The number of piperidine rings is 1. The number of nitrogens with zero attached hydrogens (tertiary/aromatic N) is 2. The zero-order valence-electron chi connectivity index (χ0n) is 25.5. The Hall–Kier alpha value is -4.05. The van der Waals surface area contributed by atoms with E-state index < -0.39 is 17.4 Å². The van der Waals surface area contributed by atoms with E-state index in [-0.39, 0.29) is 36.9 Å². The zero-order chi connectivity index (χ0) is 30.7. The van der Waals surface area contributed by atoms with E-state index in [0.717, 1.165) is 30.8 Å². The molecule has 3 aliphatic heterocycles. The lowest BCUT2D eigenvalue weighted by atomic mass is 9.67. The topological polar surface area (TPSA) is 104 Å². The average molecular weight is 593 g/mol. The van der Waals surface area contributed by atoms with Crippen molar-refractivity contribution in [1.29, 1.82) is 0 Å². The van der Waals surface area contributed by atoms with Crippen LogP contribution < -0.4 is 14.4 Å². The molecule has 3 aliphatic rings. The SMILES string of the molecule is CC[C@H]1CN2CC[C@]3(C(=O)N(CCOC(=O)c4ccc(OC)c(OC)c4)c4ccccc43)C2C[C@@H]1/C(=C\OC)C(=O)OC. The van der Waals surface area contributed by atoms with Crippen LogP contribution in [0.2, 0.25) is 0 Å². The molecule has 0 aromatic heterocycles. The number of para-hydroxylation sites is 1. The molecule has 1 amide bonds. The fourth-order valence-electron chi connectivity index (χ4n) is 7.32. The van der Waals surface area contributed by atoms with Gasteiger partial charge >= 0.3 is 11.9 Å². The van der Waals surface area contributed by atoms with Gasteiger partial charge in [-0.2, -0.15) is 0 Å². The van der Waals surface area contributed by atoms with E-state index in [1.807, 2.05) is 24.3 Å². The maximum Gasteiger partial charge on any atom is 0.338 e. The molecule has 2 saturated heterocycles. The van der Waals surface area contributed by atoms with Crippen molar-refractivity contribution in [3.8, 4) is 11.5 Å². The van der Waals surface area contributed by atoms with Crippen LogP contribution in [0.3, 0.4) is 0 Å². The summed E-state index contributed by atoms with van der Waals surface area (Å²) >= 11 is 0. The van der Waals surface area contributed by atoms with Crippen LogP contribution in [0.5, 0.6) is 11.5 Å². The number of fused-ring (bicyclic) bond motifs is 4. The highest BCUT2D eigenvalue weighted by atomic mass is 16.5. The van der Waals surface area contributed by atoms with E-state index >= 15 is 0 Å². The third kappa shape index (κ3) is 5.22. The molecule has 10 nitrogen and oxygen atoms in total. The Bertz CT molecular complexity index is 1410. The molecule has 4 atom stereocenters. The number of amides is 1. The number of methoxy groups -OCH3 is 4. The Kier molecular flexibility index (Phi) is 8.96. The number of ether oxygens (including phenoxy) is 5. The highest BCUT2D eigenvalue weighted by Crippen LogP contribution is 2.55. The lowest BCUT2D eigenvalue weighted by molar-refractivity contribution is -0.137. The van der Waals surface area contributed by atoms with Crippen molar-refractivity contribution >= 4 is 23.5 Å². The summed E-state index contributed by atoms with van der Waals surface area (Å²) in [7, 11) is 5.94. The number of rotatable bonds is 10. The van der Waals surface area contributed by atoms with E-state index in [9.17, 15) is 14.4 Å². The van der Waals surface area contributed by atoms with Gasteiger partial charge < -0.3 is 28.6 Å². The first-order valence-corrected chi connectivity index (χ1v) is 14.7. The lowest BCUT2D eigenvalue weighted by Gasteiger charge is -2.45. The third-order valence-electron chi connectivity index (χ3n) is 9.38.